The summed E-state index contributed by atoms with van der Waals surface area (Å²) in [5, 5.41) is 1.90. The van der Waals surface area contributed by atoms with Crippen LogP contribution >= 0.6 is 11.3 Å². The Labute approximate surface area is 92.1 Å². The predicted octanol–water partition coefficient (Wildman–Crippen LogP) is 2.93. The van der Waals surface area contributed by atoms with Crippen LogP contribution in [-0.4, -0.2) is 0 Å². The first-order chi connectivity index (χ1) is 7.36. The molecule has 0 unspecified atom stereocenters. The summed E-state index contributed by atoms with van der Waals surface area (Å²) in [4.78, 5) is 11.8. The van der Waals surface area contributed by atoms with Crippen LogP contribution in [0, 0.1) is 0 Å². The lowest BCUT2D eigenvalue weighted by molar-refractivity contribution is 1.11. The van der Waals surface area contributed by atoms with Crippen LogP contribution in [0.25, 0.3) is 5.57 Å². The van der Waals surface area contributed by atoms with Crippen molar-refractivity contribution in [2.75, 3.05) is 0 Å². The van der Waals surface area contributed by atoms with Gasteiger partial charge in [0.05, 0.1) is 0 Å². The molecule has 0 saturated heterocycles. The average molecular weight is 214 g/mol. The van der Waals surface area contributed by atoms with Crippen molar-refractivity contribution in [1.29, 1.82) is 0 Å². The number of hydrogen-bond acceptors (Lipinski definition) is 2. The molecular formula is C13H10OS. The van der Waals surface area contributed by atoms with Gasteiger partial charge in [-0.1, -0.05) is 29.9 Å². The molecule has 0 fully saturated rings. The third kappa shape index (κ3) is 1.33. The SMILES string of the molecule is O=c1sccc2c1C1=C(CC=CC=C1)C2. The van der Waals surface area contributed by atoms with Crippen molar-refractivity contribution in [2.45, 2.75) is 12.8 Å². The molecule has 3 rings (SSSR count). The second-order valence-electron chi connectivity index (χ2n) is 3.79. The number of hydrogen-bond donors (Lipinski definition) is 0. The lowest BCUT2D eigenvalue weighted by Gasteiger charge is -1.97. The van der Waals surface area contributed by atoms with E-state index in [1.165, 1.54) is 22.5 Å². The van der Waals surface area contributed by atoms with Crippen molar-refractivity contribution in [3.8, 4) is 0 Å². The minimum absolute atomic E-state index is 0.198. The third-order valence-electron chi connectivity index (χ3n) is 2.90. The summed E-state index contributed by atoms with van der Waals surface area (Å²) in [6.45, 7) is 0. The molecule has 1 nitrogen and oxygen atoms in total. The van der Waals surface area contributed by atoms with Crippen LogP contribution in [0.4, 0.5) is 0 Å². The fourth-order valence-electron chi connectivity index (χ4n) is 2.21. The largest absolute Gasteiger partial charge is 0.277 e. The Morgan fingerprint density at radius 3 is 3.13 bits per heavy atom. The predicted molar refractivity (Wildman–Crippen MR) is 64.1 cm³/mol. The van der Waals surface area contributed by atoms with Crippen molar-refractivity contribution in [1.82, 2.24) is 0 Å². The van der Waals surface area contributed by atoms with Gasteiger partial charge in [-0.2, -0.15) is 0 Å². The summed E-state index contributed by atoms with van der Waals surface area (Å²) < 4.78 is 0.198. The molecular weight excluding hydrogens is 204 g/mol. The van der Waals surface area contributed by atoms with Gasteiger partial charge < -0.3 is 0 Å². The Kier molecular flexibility index (Phi) is 1.96. The molecule has 74 valence electrons. The lowest BCUT2D eigenvalue weighted by Crippen LogP contribution is -2.02. The molecule has 0 atom stereocenters. The van der Waals surface area contributed by atoms with Gasteiger partial charge in [0, 0.05) is 5.56 Å². The topological polar surface area (TPSA) is 17.1 Å². The lowest BCUT2D eigenvalue weighted by atomic mass is 10.1. The number of fused-ring (bicyclic) bond motifs is 2. The molecule has 0 aliphatic heterocycles. The highest BCUT2D eigenvalue weighted by atomic mass is 32.1. The molecule has 2 heteroatoms. The van der Waals surface area contributed by atoms with Crippen LogP contribution in [-0.2, 0) is 6.42 Å². The van der Waals surface area contributed by atoms with Crippen molar-refractivity contribution >= 4 is 16.9 Å². The van der Waals surface area contributed by atoms with E-state index in [1.54, 1.807) is 0 Å². The van der Waals surface area contributed by atoms with Crippen molar-refractivity contribution in [2.24, 2.45) is 0 Å². The van der Waals surface area contributed by atoms with Crippen LogP contribution in [0.1, 0.15) is 17.5 Å². The van der Waals surface area contributed by atoms with E-state index in [9.17, 15) is 4.79 Å². The summed E-state index contributed by atoms with van der Waals surface area (Å²) in [5.74, 6) is 0. The van der Waals surface area contributed by atoms with Gasteiger partial charge in [0.15, 0.2) is 0 Å². The second kappa shape index (κ2) is 3.31. The highest BCUT2D eigenvalue weighted by Gasteiger charge is 2.21. The van der Waals surface area contributed by atoms with Gasteiger partial charge in [-0.3, -0.25) is 4.79 Å². The van der Waals surface area contributed by atoms with Crippen LogP contribution in [0.15, 0.2) is 46.1 Å². The average Bonchev–Trinajstić information content (AvgIpc) is 2.43. The van der Waals surface area contributed by atoms with Crippen LogP contribution in [0.2, 0.25) is 0 Å². The van der Waals surface area contributed by atoms with Gasteiger partial charge >= 0.3 is 0 Å². The van der Waals surface area contributed by atoms with Gasteiger partial charge in [0.2, 0.25) is 4.74 Å². The molecule has 15 heavy (non-hydrogen) atoms. The summed E-state index contributed by atoms with van der Waals surface area (Å²) >= 11 is 1.29. The molecule has 2 aliphatic carbocycles. The van der Waals surface area contributed by atoms with E-state index in [4.69, 9.17) is 0 Å². The molecule has 0 amide bonds. The van der Waals surface area contributed by atoms with Gasteiger partial charge in [-0.25, -0.2) is 0 Å². The molecule has 0 radical (unpaired) electrons. The summed E-state index contributed by atoms with van der Waals surface area (Å²) in [7, 11) is 0. The maximum absolute atomic E-state index is 11.8. The third-order valence-corrected chi connectivity index (χ3v) is 3.59. The van der Waals surface area contributed by atoms with E-state index in [0.717, 1.165) is 24.0 Å². The molecule has 0 spiro atoms. The Balaban J connectivity index is 2.25. The molecule has 0 bridgehead atoms. The van der Waals surface area contributed by atoms with Gasteiger partial charge in [-0.15, -0.1) is 11.3 Å². The highest BCUT2D eigenvalue weighted by molar-refractivity contribution is 7.07. The molecule has 1 aromatic heterocycles. The zero-order valence-electron chi connectivity index (χ0n) is 8.19. The molecule has 0 saturated carbocycles. The Hall–Kier alpha value is -1.41. The van der Waals surface area contributed by atoms with Gasteiger partial charge in [0.25, 0.3) is 0 Å². The quantitative estimate of drug-likeness (QED) is 0.649. The van der Waals surface area contributed by atoms with Gasteiger partial charge in [0.1, 0.15) is 0 Å². The first-order valence-corrected chi connectivity index (χ1v) is 5.90. The molecule has 2 aliphatic rings. The summed E-state index contributed by atoms with van der Waals surface area (Å²) in [6, 6.07) is 2.08. The van der Waals surface area contributed by atoms with Crippen molar-refractivity contribution in [3.63, 3.8) is 0 Å². The van der Waals surface area contributed by atoms with Crippen LogP contribution in [0.3, 0.4) is 0 Å². The molecule has 1 aromatic rings. The number of rotatable bonds is 0. The maximum atomic E-state index is 11.8. The zero-order chi connectivity index (χ0) is 10.3. The van der Waals surface area contributed by atoms with E-state index in [1.807, 2.05) is 11.5 Å². The minimum atomic E-state index is 0.198. The molecule has 0 aromatic carbocycles. The fraction of sp³-hybridized carbons (Fsp3) is 0.154. The van der Waals surface area contributed by atoms with E-state index in [-0.39, 0.29) is 4.74 Å². The monoisotopic (exact) mass is 214 g/mol. The second-order valence-corrected chi connectivity index (χ2v) is 4.67. The van der Waals surface area contributed by atoms with Crippen LogP contribution in [0.5, 0.6) is 0 Å². The van der Waals surface area contributed by atoms with Crippen molar-refractivity contribution < 1.29 is 0 Å². The van der Waals surface area contributed by atoms with E-state index in [0.29, 0.717) is 0 Å². The van der Waals surface area contributed by atoms with E-state index in [2.05, 4.69) is 24.3 Å². The van der Waals surface area contributed by atoms with Gasteiger partial charge in [-0.05, 0) is 35.4 Å². The smallest absolute Gasteiger partial charge is 0.240 e. The number of allylic oxidation sites excluding steroid dienone is 6. The summed E-state index contributed by atoms with van der Waals surface area (Å²) in [5.41, 5.74) is 4.68. The Morgan fingerprint density at radius 2 is 2.20 bits per heavy atom. The normalized spacial score (nSPS) is 17.6. The highest BCUT2D eigenvalue weighted by Crippen LogP contribution is 2.34. The van der Waals surface area contributed by atoms with E-state index < -0.39 is 0 Å². The fourth-order valence-corrected chi connectivity index (χ4v) is 2.92. The minimum Gasteiger partial charge on any atom is -0.277 e. The van der Waals surface area contributed by atoms with Crippen molar-refractivity contribution in [3.05, 3.63) is 62.0 Å². The summed E-state index contributed by atoms with van der Waals surface area (Å²) in [6.07, 6.45) is 10.2. The molecule has 1 heterocycles. The first-order valence-electron chi connectivity index (χ1n) is 5.02. The van der Waals surface area contributed by atoms with Crippen LogP contribution < -0.4 is 4.74 Å². The standard InChI is InChI=1S/C13H10OS/c14-13-12-10(6-7-15-13)8-9-4-2-1-3-5-11(9)12/h1-3,5-7H,4,8H2. The van der Waals surface area contributed by atoms with E-state index >= 15 is 0 Å². The Bertz CT molecular complexity index is 558. The zero-order valence-corrected chi connectivity index (χ0v) is 9.01. The maximum Gasteiger partial charge on any atom is 0.240 e. The molecule has 0 N–H and O–H groups in total. The first kappa shape index (κ1) is 8.86. The Morgan fingerprint density at radius 1 is 1.27 bits per heavy atom.